The van der Waals surface area contributed by atoms with Crippen molar-refractivity contribution in [2.24, 2.45) is 0 Å². The molecule has 3 nitrogen and oxygen atoms in total. The number of nitrogens with zero attached hydrogens (tertiary/aromatic N) is 1. The van der Waals surface area contributed by atoms with Crippen LogP contribution in [0.5, 0.6) is 0 Å². The van der Waals surface area contributed by atoms with Crippen molar-refractivity contribution in [3.05, 3.63) is 52.5 Å². The third-order valence-corrected chi connectivity index (χ3v) is 3.13. The van der Waals surface area contributed by atoms with Crippen molar-refractivity contribution in [2.45, 2.75) is 0 Å². The number of hydrogen-bond acceptors (Lipinski definition) is 4. The first-order chi connectivity index (χ1) is 7.84. The third-order valence-electron chi connectivity index (χ3n) is 2.35. The molecule has 0 aliphatic rings. The first kappa shape index (κ1) is 9.30. The molecule has 78 valence electrons. The van der Waals surface area contributed by atoms with Crippen molar-refractivity contribution >= 4 is 22.1 Å². The van der Waals surface area contributed by atoms with Gasteiger partial charge in [0.25, 0.3) is 0 Å². The fourth-order valence-corrected chi connectivity index (χ4v) is 2.17. The van der Waals surface area contributed by atoms with E-state index in [0.29, 0.717) is 11.1 Å². The third kappa shape index (κ3) is 1.44. The minimum Gasteiger partial charge on any atom is -0.421 e. The van der Waals surface area contributed by atoms with Crippen LogP contribution in [0, 0.1) is 0 Å². The van der Waals surface area contributed by atoms with E-state index in [2.05, 4.69) is 4.98 Å². The minimum absolute atomic E-state index is 0.304. The van der Waals surface area contributed by atoms with E-state index in [1.807, 2.05) is 24.3 Å². The monoisotopic (exact) mass is 229 g/mol. The van der Waals surface area contributed by atoms with Gasteiger partial charge < -0.3 is 4.42 Å². The Morgan fingerprint density at radius 1 is 1.25 bits per heavy atom. The molecule has 1 aromatic carbocycles. The van der Waals surface area contributed by atoms with Gasteiger partial charge in [-0.2, -0.15) is 0 Å². The number of benzene rings is 1. The van der Waals surface area contributed by atoms with Crippen LogP contribution in [0.1, 0.15) is 0 Å². The summed E-state index contributed by atoms with van der Waals surface area (Å²) in [6, 6.07) is 9.25. The van der Waals surface area contributed by atoms with Crippen molar-refractivity contribution < 1.29 is 4.42 Å². The van der Waals surface area contributed by atoms with Crippen LogP contribution in [0.2, 0.25) is 0 Å². The number of rotatable bonds is 1. The number of fused-ring (bicyclic) bond motifs is 1. The first-order valence-corrected chi connectivity index (χ1v) is 5.64. The summed E-state index contributed by atoms with van der Waals surface area (Å²) in [4.78, 5) is 16.5. The lowest BCUT2D eigenvalue weighted by molar-refractivity contribution is 0.536. The quantitative estimate of drug-likeness (QED) is 0.644. The topological polar surface area (TPSA) is 43.1 Å². The van der Waals surface area contributed by atoms with Crippen molar-refractivity contribution in [3.8, 4) is 10.6 Å². The highest BCUT2D eigenvalue weighted by Crippen LogP contribution is 2.24. The molecular formula is C12H7NO2S. The lowest BCUT2D eigenvalue weighted by atomic mass is 10.1. The van der Waals surface area contributed by atoms with E-state index >= 15 is 0 Å². The zero-order chi connectivity index (χ0) is 11.0. The van der Waals surface area contributed by atoms with Crippen LogP contribution < -0.4 is 5.63 Å². The Morgan fingerprint density at radius 2 is 2.12 bits per heavy atom. The molecule has 3 aromatic rings. The SMILES string of the molecule is O=c1oc(-c2cncs2)cc2ccccc12. The van der Waals surface area contributed by atoms with Gasteiger partial charge in [-0.25, -0.2) is 4.79 Å². The molecule has 2 aromatic heterocycles. The van der Waals surface area contributed by atoms with Gasteiger partial charge in [0, 0.05) is 6.20 Å². The Kier molecular flexibility index (Phi) is 2.08. The fourth-order valence-electron chi connectivity index (χ4n) is 1.59. The second-order valence-corrected chi connectivity index (χ2v) is 4.24. The highest BCUT2D eigenvalue weighted by atomic mass is 32.1. The summed E-state index contributed by atoms with van der Waals surface area (Å²) in [5.74, 6) is 0.575. The van der Waals surface area contributed by atoms with E-state index in [1.165, 1.54) is 11.3 Å². The first-order valence-electron chi connectivity index (χ1n) is 4.76. The molecule has 0 aliphatic heterocycles. The van der Waals surface area contributed by atoms with Crippen LogP contribution in [-0.4, -0.2) is 4.98 Å². The van der Waals surface area contributed by atoms with Gasteiger partial charge in [0.15, 0.2) is 5.76 Å². The number of thiazole rings is 1. The summed E-state index contributed by atoms with van der Waals surface area (Å²) in [5.41, 5.74) is 1.41. The van der Waals surface area contributed by atoms with Crippen LogP contribution in [0.25, 0.3) is 21.4 Å². The molecule has 0 aliphatic carbocycles. The van der Waals surface area contributed by atoms with E-state index in [-0.39, 0.29) is 5.63 Å². The Morgan fingerprint density at radius 3 is 2.94 bits per heavy atom. The zero-order valence-electron chi connectivity index (χ0n) is 8.21. The maximum atomic E-state index is 11.7. The summed E-state index contributed by atoms with van der Waals surface area (Å²) in [5, 5.41) is 1.50. The standard InChI is InChI=1S/C12H7NO2S/c14-12-9-4-2-1-3-8(9)5-10(15-12)11-6-13-7-16-11/h1-7H. The molecule has 0 atom stereocenters. The lowest BCUT2D eigenvalue weighted by Crippen LogP contribution is -1.99. The smallest absolute Gasteiger partial charge is 0.344 e. The summed E-state index contributed by atoms with van der Waals surface area (Å²) in [6.07, 6.45) is 1.69. The molecule has 0 bridgehead atoms. The average Bonchev–Trinajstić information content (AvgIpc) is 2.82. The van der Waals surface area contributed by atoms with E-state index in [4.69, 9.17) is 4.42 Å². The molecular weight excluding hydrogens is 222 g/mol. The average molecular weight is 229 g/mol. The molecule has 0 saturated heterocycles. The minimum atomic E-state index is -0.304. The molecule has 0 amide bonds. The highest BCUT2D eigenvalue weighted by molar-refractivity contribution is 7.13. The van der Waals surface area contributed by atoms with Gasteiger partial charge in [0.2, 0.25) is 0 Å². The molecule has 0 radical (unpaired) electrons. The van der Waals surface area contributed by atoms with Gasteiger partial charge in [-0.1, -0.05) is 18.2 Å². The summed E-state index contributed by atoms with van der Waals surface area (Å²) in [7, 11) is 0. The Hall–Kier alpha value is -1.94. The molecule has 16 heavy (non-hydrogen) atoms. The number of hydrogen-bond donors (Lipinski definition) is 0. The van der Waals surface area contributed by atoms with Gasteiger partial charge >= 0.3 is 5.63 Å². The Balaban J connectivity index is 2.34. The molecule has 3 rings (SSSR count). The fraction of sp³-hybridized carbons (Fsp3) is 0. The van der Waals surface area contributed by atoms with Crippen LogP contribution in [0.3, 0.4) is 0 Å². The van der Waals surface area contributed by atoms with Gasteiger partial charge in [0.05, 0.1) is 15.8 Å². The molecule has 4 heteroatoms. The van der Waals surface area contributed by atoms with Gasteiger partial charge in [-0.05, 0) is 17.5 Å². The van der Waals surface area contributed by atoms with Crippen molar-refractivity contribution in [1.29, 1.82) is 0 Å². The largest absolute Gasteiger partial charge is 0.421 e. The van der Waals surface area contributed by atoms with Crippen molar-refractivity contribution in [3.63, 3.8) is 0 Å². The van der Waals surface area contributed by atoms with Crippen LogP contribution in [0.15, 0.2) is 51.3 Å². The molecule has 0 unspecified atom stereocenters. The second kappa shape index (κ2) is 3.57. The van der Waals surface area contributed by atoms with E-state index in [1.54, 1.807) is 17.8 Å². The summed E-state index contributed by atoms with van der Waals surface area (Å²) < 4.78 is 5.25. The predicted octanol–water partition coefficient (Wildman–Crippen LogP) is 2.92. The molecule has 0 saturated carbocycles. The molecule has 0 N–H and O–H groups in total. The lowest BCUT2D eigenvalue weighted by Gasteiger charge is -1.98. The van der Waals surface area contributed by atoms with Crippen molar-refractivity contribution in [2.75, 3.05) is 0 Å². The van der Waals surface area contributed by atoms with E-state index in [9.17, 15) is 4.79 Å². The summed E-state index contributed by atoms with van der Waals surface area (Å²) in [6.45, 7) is 0. The normalized spacial score (nSPS) is 10.8. The van der Waals surface area contributed by atoms with Crippen LogP contribution in [0.4, 0.5) is 0 Å². The van der Waals surface area contributed by atoms with Crippen LogP contribution in [-0.2, 0) is 0 Å². The summed E-state index contributed by atoms with van der Waals surface area (Å²) >= 11 is 1.45. The molecule has 0 fully saturated rings. The van der Waals surface area contributed by atoms with Gasteiger partial charge in [0.1, 0.15) is 0 Å². The van der Waals surface area contributed by atoms with Crippen LogP contribution >= 0.6 is 11.3 Å². The maximum Gasteiger partial charge on any atom is 0.344 e. The maximum absolute atomic E-state index is 11.7. The van der Waals surface area contributed by atoms with Gasteiger partial charge in [-0.15, -0.1) is 11.3 Å². The highest BCUT2D eigenvalue weighted by Gasteiger charge is 2.06. The molecule has 2 heterocycles. The zero-order valence-corrected chi connectivity index (χ0v) is 9.03. The Bertz CT molecular complexity index is 686. The van der Waals surface area contributed by atoms with Gasteiger partial charge in [-0.3, -0.25) is 4.98 Å². The second-order valence-electron chi connectivity index (χ2n) is 3.35. The predicted molar refractivity (Wildman–Crippen MR) is 63.6 cm³/mol. The van der Waals surface area contributed by atoms with Crippen molar-refractivity contribution in [1.82, 2.24) is 4.98 Å². The molecule has 0 spiro atoms. The Labute approximate surface area is 95.0 Å². The van der Waals surface area contributed by atoms with E-state index in [0.717, 1.165) is 10.3 Å². The number of aromatic nitrogens is 1. The van der Waals surface area contributed by atoms with E-state index < -0.39 is 0 Å².